The molecule has 1 aliphatic heterocycles. The van der Waals surface area contributed by atoms with E-state index in [2.05, 4.69) is 15.0 Å². The van der Waals surface area contributed by atoms with Crippen LogP contribution < -0.4 is 10.6 Å². The number of imidazole rings is 1. The van der Waals surface area contributed by atoms with Gasteiger partial charge in [-0.1, -0.05) is 0 Å². The Morgan fingerprint density at radius 2 is 2.04 bits per heavy atom. The van der Waals surface area contributed by atoms with Crippen LogP contribution in [0, 0.1) is 12.7 Å². The second-order valence-electron chi connectivity index (χ2n) is 6.22. The Bertz CT molecular complexity index is 995. The minimum Gasteiger partial charge on any atom is -0.378 e. The van der Waals surface area contributed by atoms with E-state index in [9.17, 15) is 9.18 Å². The van der Waals surface area contributed by atoms with E-state index >= 15 is 0 Å². The van der Waals surface area contributed by atoms with Crippen molar-refractivity contribution in [3.05, 3.63) is 47.5 Å². The number of hydrogen-bond donors (Lipinski definition) is 1. The van der Waals surface area contributed by atoms with Gasteiger partial charge in [0.25, 0.3) is 5.91 Å². The number of carbonyl (C=O) groups excluding carboxylic acids is 1. The lowest BCUT2D eigenvalue weighted by atomic mass is 10.0. The molecule has 4 rings (SSSR count). The first-order valence-electron chi connectivity index (χ1n) is 8.32. The van der Waals surface area contributed by atoms with Crippen LogP contribution in [-0.4, -0.2) is 46.8 Å². The van der Waals surface area contributed by atoms with Crippen LogP contribution in [0.25, 0.3) is 16.9 Å². The molecule has 3 aromatic rings. The fourth-order valence-electron chi connectivity index (χ4n) is 3.21. The minimum atomic E-state index is -0.805. The van der Waals surface area contributed by atoms with E-state index in [-0.39, 0.29) is 5.56 Å². The van der Waals surface area contributed by atoms with E-state index in [4.69, 9.17) is 10.5 Å². The van der Waals surface area contributed by atoms with Crippen molar-refractivity contribution in [3.63, 3.8) is 0 Å². The Kier molecular flexibility index (Phi) is 4.04. The van der Waals surface area contributed by atoms with E-state index in [1.54, 1.807) is 23.8 Å². The topological polar surface area (TPSA) is 85.8 Å². The molecule has 1 amide bonds. The van der Waals surface area contributed by atoms with Crippen LogP contribution in [0.1, 0.15) is 15.9 Å². The first kappa shape index (κ1) is 16.5. The zero-order valence-electron chi connectivity index (χ0n) is 14.3. The number of halogens is 1. The van der Waals surface area contributed by atoms with Gasteiger partial charge in [-0.2, -0.15) is 5.10 Å². The maximum absolute atomic E-state index is 14.0. The van der Waals surface area contributed by atoms with Gasteiger partial charge in [-0.15, -0.1) is 0 Å². The molecule has 1 aromatic carbocycles. The van der Waals surface area contributed by atoms with Gasteiger partial charge in [0.1, 0.15) is 5.82 Å². The number of carbonyl (C=O) groups is 1. The molecule has 1 aliphatic rings. The fourth-order valence-corrected chi connectivity index (χ4v) is 3.21. The van der Waals surface area contributed by atoms with Crippen LogP contribution in [0.4, 0.5) is 10.1 Å². The Hall–Kier alpha value is -3.00. The Morgan fingerprint density at radius 1 is 1.27 bits per heavy atom. The van der Waals surface area contributed by atoms with Crippen LogP contribution in [0.15, 0.2) is 30.6 Å². The fraction of sp³-hybridized carbons (Fsp3) is 0.278. The lowest BCUT2D eigenvalue weighted by molar-refractivity contribution is 0.0996. The monoisotopic (exact) mass is 355 g/mol. The average molecular weight is 355 g/mol. The molecule has 1 saturated heterocycles. The molecule has 26 heavy (non-hydrogen) atoms. The first-order chi connectivity index (χ1) is 12.5. The summed E-state index contributed by atoms with van der Waals surface area (Å²) in [5, 5.41) is 4.57. The summed E-state index contributed by atoms with van der Waals surface area (Å²) in [6.45, 7) is 4.57. The second kappa shape index (κ2) is 6.38. The van der Waals surface area contributed by atoms with Crippen LogP contribution >= 0.6 is 0 Å². The minimum absolute atomic E-state index is 0.147. The molecule has 1 fully saturated rings. The summed E-state index contributed by atoms with van der Waals surface area (Å²) in [5.41, 5.74) is 8.77. The smallest absolute Gasteiger partial charge is 0.251 e. The number of aromatic nitrogens is 3. The third kappa shape index (κ3) is 2.78. The van der Waals surface area contributed by atoms with Crippen molar-refractivity contribution in [1.29, 1.82) is 0 Å². The maximum atomic E-state index is 14.0. The van der Waals surface area contributed by atoms with Gasteiger partial charge in [-0.25, -0.2) is 13.9 Å². The summed E-state index contributed by atoms with van der Waals surface area (Å²) in [4.78, 5) is 18.1. The predicted molar refractivity (Wildman–Crippen MR) is 94.7 cm³/mol. The zero-order valence-corrected chi connectivity index (χ0v) is 14.3. The van der Waals surface area contributed by atoms with Gasteiger partial charge in [0.05, 0.1) is 30.2 Å². The van der Waals surface area contributed by atoms with Gasteiger partial charge >= 0.3 is 0 Å². The normalized spacial score (nSPS) is 14.8. The number of nitrogens with two attached hydrogens (primary N) is 1. The number of benzene rings is 1. The molecule has 0 spiro atoms. The SMILES string of the molecule is Cc1cc(F)c(C(N)=O)cc1-c1cc(N2CCOCC2)c2nccn2n1. The number of hydrogen-bond acceptors (Lipinski definition) is 5. The van der Waals surface area contributed by atoms with Gasteiger partial charge in [0.2, 0.25) is 0 Å². The Balaban J connectivity index is 1.90. The molecular weight excluding hydrogens is 337 g/mol. The van der Waals surface area contributed by atoms with Crippen LogP contribution in [0.2, 0.25) is 0 Å². The molecule has 0 bridgehead atoms. The number of amides is 1. The molecular formula is C18H18FN5O2. The molecule has 0 atom stereocenters. The second-order valence-corrected chi connectivity index (χ2v) is 6.22. The highest BCUT2D eigenvalue weighted by atomic mass is 19.1. The predicted octanol–water partition coefficient (Wildman–Crippen LogP) is 1.78. The van der Waals surface area contributed by atoms with Crippen LogP contribution in [-0.2, 0) is 4.74 Å². The highest BCUT2D eigenvalue weighted by Gasteiger charge is 2.19. The highest BCUT2D eigenvalue weighted by Crippen LogP contribution is 2.30. The van der Waals surface area contributed by atoms with Crippen molar-refractivity contribution in [2.45, 2.75) is 6.92 Å². The van der Waals surface area contributed by atoms with E-state index in [1.807, 2.05) is 6.07 Å². The summed E-state index contributed by atoms with van der Waals surface area (Å²) in [5.74, 6) is -1.43. The lowest BCUT2D eigenvalue weighted by Gasteiger charge is -2.29. The number of fused-ring (bicyclic) bond motifs is 1. The summed E-state index contributed by atoms with van der Waals surface area (Å²) < 4.78 is 21.1. The van der Waals surface area contributed by atoms with Crippen LogP contribution in [0.3, 0.4) is 0 Å². The molecule has 8 heteroatoms. The van der Waals surface area contributed by atoms with E-state index in [1.165, 1.54) is 12.1 Å². The summed E-state index contributed by atoms with van der Waals surface area (Å²) in [6, 6.07) is 4.68. The Morgan fingerprint density at radius 3 is 2.77 bits per heavy atom. The standard InChI is InChI=1S/C18H18FN5O2/c1-11-8-14(19)13(17(20)25)9-12(11)15-10-16(23-4-6-26-7-5-23)18-21-2-3-24(18)22-15/h2-3,8-10H,4-7H2,1H3,(H2,20,25). The molecule has 0 aliphatic carbocycles. The quantitative estimate of drug-likeness (QED) is 0.774. The zero-order chi connectivity index (χ0) is 18.3. The number of morpholine rings is 1. The van der Waals surface area contributed by atoms with Crippen LogP contribution in [0.5, 0.6) is 0 Å². The van der Waals surface area contributed by atoms with E-state index in [0.29, 0.717) is 30.0 Å². The molecule has 134 valence electrons. The van der Waals surface area contributed by atoms with E-state index < -0.39 is 11.7 Å². The van der Waals surface area contributed by atoms with Gasteiger partial charge in [0, 0.05) is 31.0 Å². The number of rotatable bonds is 3. The van der Waals surface area contributed by atoms with Gasteiger partial charge in [0.15, 0.2) is 5.65 Å². The van der Waals surface area contributed by atoms with E-state index in [0.717, 1.165) is 24.4 Å². The molecule has 2 N–H and O–H groups in total. The number of aryl methyl sites for hydroxylation is 1. The third-order valence-corrected chi connectivity index (χ3v) is 4.55. The van der Waals surface area contributed by atoms with Crippen molar-refractivity contribution < 1.29 is 13.9 Å². The number of nitrogens with zero attached hydrogens (tertiary/aromatic N) is 4. The number of ether oxygens (including phenoxy) is 1. The summed E-state index contributed by atoms with van der Waals surface area (Å²) >= 11 is 0. The largest absolute Gasteiger partial charge is 0.378 e. The lowest BCUT2D eigenvalue weighted by Crippen LogP contribution is -2.36. The van der Waals surface area contributed by atoms with Gasteiger partial charge in [-0.05, 0) is 30.7 Å². The molecule has 0 saturated carbocycles. The number of anilines is 1. The van der Waals surface area contributed by atoms with Crippen molar-refractivity contribution in [2.75, 3.05) is 31.2 Å². The number of primary amides is 1. The van der Waals surface area contributed by atoms with Gasteiger partial charge < -0.3 is 15.4 Å². The van der Waals surface area contributed by atoms with Crippen molar-refractivity contribution >= 4 is 17.2 Å². The van der Waals surface area contributed by atoms with Crippen molar-refractivity contribution in [2.24, 2.45) is 5.73 Å². The first-order valence-corrected chi connectivity index (χ1v) is 8.32. The van der Waals surface area contributed by atoms with Gasteiger partial charge in [-0.3, -0.25) is 4.79 Å². The average Bonchev–Trinajstić information content (AvgIpc) is 3.10. The third-order valence-electron chi connectivity index (χ3n) is 4.55. The van der Waals surface area contributed by atoms with Crippen molar-refractivity contribution in [3.8, 4) is 11.3 Å². The Labute approximate surface area is 149 Å². The van der Waals surface area contributed by atoms with Crippen molar-refractivity contribution in [1.82, 2.24) is 14.6 Å². The molecule has 0 unspecified atom stereocenters. The molecule has 0 radical (unpaired) electrons. The summed E-state index contributed by atoms with van der Waals surface area (Å²) in [6.07, 6.45) is 3.44. The highest BCUT2D eigenvalue weighted by molar-refractivity contribution is 5.94. The summed E-state index contributed by atoms with van der Waals surface area (Å²) in [7, 11) is 0. The molecule has 3 heterocycles. The molecule has 2 aromatic heterocycles. The molecule has 7 nitrogen and oxygen atoms in total. The maximum Gasteiger partial charge on any atom is 0.251 e.